The van der Waals surface area contributed by atoms with Gasteiger partial charge in [-0.25, -0.2) is 5.84 Å². The molecule has 6 heteroatoms. The highest BCUT2D eigenvalue weighted by atomic mass is 16.2. The molecule has 0 radical (unpaired) electrons. The Labute approximate surface area is 89.1 Å². The second-order valence-corrected chi connectivity index (χ2v) is 3.94. The highest BCUT2D eigenvalue weighted by molar-refractivity contribution is 5.83. The van der Waals surface area contributed by atoms with Crippen molar-refractivity contribution in [1.29, 1.82) is 0 Å². The van der Waals surface area contributed by atoms with Crippen molar-refractivity contribution in [3.63, 3.8) is 0 Å². The van der Waals surface area contributed by atoms with E-state index in [9.17, 15) is 9.59 Å². The van der Waals surface area contributed by atoms with Gasteiger partial charge >= 0.3 is 0 Å². The molecule has 4 N–H and O–H groups in total. The van der Waals surface area contributed by atoms with E-state index in [0.29, 0.717) is 6.04 Å². The van der Waals surface area contributed by atoms with E-state index in [-0.39, 0.29) is 18.4 Å². The summed E-state index contributed by atoms with van der Waals surface area (Å²) in [5, 5.41) is 2.85. The van der Waals surface area contributed by atoms with Crippen LogP contribution in [-0.2, 0) is 9.59 Å². The Morgan fingerprint density at radius 2 is 2.13 bits per heavy atom. The lowest BCUT2D eigenvalue weighted by Gasteiger charge is -2.22. The molecule has 1 saturated carbocycles. The van der Waals surface area contributed by atoms with Crippen LogP contribution in [0, 0.1) is 0 Å². The molecular formula is C9H18N4O2. The van der Waals surface area contributed by atoms with E-state index in [1.807, 2.05) is 0 Å². The Hall–Kier alpha value is -1.14. The summed E-state index contributed by atoms with van der Waals surface area (Å²) in [7, 11) is 1.71. The summed E-state index contributed by atoms with van der Waals surface area (Å²) in [5.74, 6) is 4.67. The lowest BCUT2D eigenvalue weighted by molar-refractivity contribution is -0.127. The third-order valence-corrected chi connectivity index (χ3v) is 2.52. The predicted molar refractivity (Wildman–Crippen MR) is 55.6 cm³/mol. The third-order valence-electron chi connectivity index (χ3n) is 2.52. The van der Waals surface area contributed by atoms with Crippen LogP contribution < -0.4 is 16.6 Å². The molecule has 1 unspecified atom stereocenters. The number of amides is 2. The average molecular weight is 214 g/mol. The Bertz CT molecular complexity index is 252. The molecule has 0 bridgehead atoms. The van der Waals surface area contributed by atoms with E-state index in [0.717, 1.165) is 12.8 Å². The monoisotopic (exact) mass is 214 g/mol. The summed E-state index contributed by atoms with van der Waals surface area (Å²) in [6.07, 6.45) is 2.13. The summed E-state index contributed by atoms with van der Waals surface area (Å²) in [5.41, 5.74) is 2.06. The maximum absolute atomic E-state index is 11.4. The summed E-state index contributed by atoms with van der Waals surface area (Å²) in [6, 6.07) is -0.0514. The lowest BCUT2D eigenvalue weighted by atomic mass is 10.3. The van der Waals surface area contributed by atoms with E-state index < -0.39 is 6.04 Å². The van der Waals surface area contributed by atoms with Crippen molar-refractivity contribution in [2.45, 2.75) is 31.8 Å². The van der Waals surface area contributed by atoms with Gasteiger partial charge in [0.25, 0.3) is 5.91 Å². The Morgan fingerprint density at radius 1 is 1.53 bits per heavy atom. The molecule has 15 heavy (non-hydrogen) atoms. The second-order valence-electron chi connectivity index (χ2n) is 3.94. The number of carbonyl (C=O) groups is 2. The minimum atomic E-state index is -0.403. The first kappa shape index (κ1) is 11.9. The van der Waals surface area contributed by atoms with Crippen LogP contribution >= 0.6 is 0 Å². The van der Waals surface area contributed by atoms with Gasteiger partial charge in [0, 0.05) is 6.04 Å². The van der Waals surface area contributed by atoms with Crippen LogP contribution in [0.5, 0.6) is 0 Å². The molecule has 0 aromatic carbocycles. The zero-order chi connectivity index (χ0) is 11.4. The largest absolute Gasteiger partial charge is 0.352 e. The average Bonchev–Trinajstić information content (AvgIpc) is 2.98. The topological polar surface area (TPSA) is 87.5 Å². The third kappa shape index (κ3) is 3.85. The molecule has 0 spiro atoms. The zero-order valence-corrected chi connectivity index (χ0v) is 9.12. The van der Waals surface area contributed by atoms with E-state index in [1.165, 1.54) is 0 Å². The first-order valence-corrected chi connectivity index (χ1v) is 5.04. The number of carbonyl (C=O) groups excluding carboxylic acids is 2. The minimum absolute atomic E-state index is 0.0447. The van der Waals surface area contributed by atoms with E-state index in [1.54, 1.807) is 18.9 Å². The summed E-state index contributed by atoms with van der Waals surface area (Å²) in [4.78, 5) is 24.2. The van der Waals surface area contributed by atoms with Crippen molar-refractivity contribution < 1.29 is 9.59 Å². The standard InChI is InChI=1S/C9H18N4O2/c1-6(9(15)12-10)13(2)5-8(14)11-7-3-4-7/h6-7H,3-5,10H2,1-2H3,(H,11,14)(H,12,15). The van der Waals surface area contributed by atoms with E-state index in [4.69, 9.17) is 5.84 Å². The molecule has 1 rings (SSSR count). The molecule has 1 fully saturated rings. The molecule has 0 aromatic heterocycles. The van der Waals surface area contributed by atoms with Crippen molar-refractivity contribution in [3.05, 3.63) is 0 Å². The maximum atomic E-state index is 11.4. The molecule has 0 saturated heterocycles. The predicted octanol–water partition coefficient (Wildman–Crippen LogP) is -1.42. The van der Waals surface area contributed by atoms with Crippen LogP contribution in [0.3, 0.4) is 0 Å². The van der Waals surface area contributed by atoms with Crippen LogP contribution in [-0.4, -0.2) is 42.4 Å². The van der Waals surface area contributed by atoms with Crippen LogP contribution in [0.15, 0.2) is 0 Å². The van der Waals surface area contributed by atoms with E-state index in [2.05, 4.69) is 10.7 Å². The fraction of sp³-hybridized carbons (Fsp3) is 0.778. The summed E-state index contributed by atoms with van der Waals surface area (Å²) >= 11 is 0. The lowest BCUT2D eigenvalue weighted by Crippen LogP contribution is -2.49. The molecule has 1 aliphatic rings. The second kappa shape index (κ2) is 5.09. The van der Waals surface area contributed by atoms with Crippen LogP contribution in [0.2, 0.25) is 0 Å². The molecular weight excluding hydrogens is 196 g/mol. The van der Waals surface area contributed by atoms with Gasteiger partial charge in [-0.1, -0.05) is 0 Å². The number of nitrogens with zero attached hydrogens (tertiary/aromatic N) is 1. The Kier molecular flexibility index (Phi) is 4.05. The number of likely N-dealkylation sites (N-methyl/N-ethyl adjacent to an activating group) is 1. The molecule has 6 nitrogen and oxygen atoms in total. The normalized spacial score (nSPS) is 17.3. The van der Waals surface area contributed by atoms with Crippen molar-refractivity contribution in [2.24, 2.45) is 5.84 Å². The number of nitrogens with one attached hydrogen (secondary N) is 2. The maximum Gasteiger partial charge on any atom is 0.250 e. The van der Waals surface area contributed by atoms with Gasteiger partial charge in [0.15, 0.2) is 0 Å². The quantitative estimate of drug-likeness (QED) is 0.297. The van der Waals surface area contributed by atoms with Crippen molar-refractivity contribution in [1.82, 2.24) is 15.6 Å². The fourth-order valence-electron chi connectivity index (χ4n) is 1.19. The fourth-order valence-corrected chi connectivity index (χ4v) is 1.19. The Balaban J connectivity index is 2.29. The molecule has 86 valence electrons. The number of nitrogens with two attached hydrogens (primary N) is 1. The van der Waals surface area contributed by atoms with Crippen LogP contribution in [0.25, 0.3) is 0 Å². The highest BCUT2D eigenvalue weighted by Crippen LogP contribution is 2.18. The van der Waals surface area contributed by atoms with Gasteiger partial charge in [0.05, 0.1) is 12.6 Å². The highest BCUT2D eigenvalue weighted by Gasteiger charge is 2.25. The summed E-state index contributed by atoms with van der Waals surface area (Å²) < 4.78 is 0. The van der Waals surface area contributed by atoms with Gasteiger partial charge in [0.2, 0.25) is 5.91 Å². The van der Waals surface area contributed by atoms with Gasteiger partial charge in [-0.3, -0.25) is 19.9 Å². The number of rotatable bonds is 5. The van der Waals surface area contributed by atoms with Gasteiger partial charge in [-0.05, 0) is 26.8 Å². The zero-order valence-electron chi connectivity index (χ0n) is 9.12. The molecule has 0 heterocycles. The molecule has 1 atom stereocenters. The van der Waals surface area contributed by atoms with Crippen molar-refractivity contribution in [3.8, 4) is 0 Å². The molecule has 0 aliphatic heterocycles. The minimum Gasteiger partial charge on any atom is -0.352 e. The van der Waals surface area contributed by atoms with E-state index >= 15 is 0 Å². The van der Waals surface area contributed by atoms with Gasteiger partial charge in [-0.2, -0.15) is 0 Å². The molecule has 0 aromatic rings. The molecule has 2 amide bonds. The van der Waals surface area contributed by atoms with Crippen LogP contribution in [0.4, 0.5) is 0 Å². The molecule has 1 aliphatic carbocycles. The number of hydrogen-bond acceptors (Lipinski definition) is 4. The van der Waals surface area contributed by atoms with Gasteiger partial charge in [0.1, 0.15) is 0 Å². The Morgan fingerprint density at radius 3 is 2.60 bits per heavy atom. The van der Waals surface area contributed by atoms with Crippen molar-refractivity contribution >= 4 is 11.8 Å². The van der Waals surface area contributed by atoms with Gasteiger partial charge < -0.3 is 5.32 Å². The smallest absolute Gasteiger partial charge is 0.250 e. The van der Waals surface area contributed by atoms with Crippen LogP contribution in [0.1, 0.15) is 19.8 Å². The summed E-state index contributed by atoms with van der Waals surface area (Å²) in [6.45, 7) is 1.91. The first-order chi connectivity index (χ1) is 7.04. The van der Waals surface area contributed by atoms with Crippen molar-refractivity contribution in [2.75, 3.05) is 13.6 Å². The first-order valence-electron chi connectivity index (χ1n) is 5.04. The number of hydrazine groups is 1. The SMILES string of the molecule is CC(C(=O)NN)N(C)CC(=O)NC1CC1. The number of hydrogen-bond donors (Lipinski definition) is 3. The van der Waals surface area contributed by atoms with Gasteiger partial charge in [-0.15, -0.1) is 0 Å².